The van der Waals surface area contributed by atoms with Gasteiger partial charge in [-0.3, -0.25) is 4.79 Å². The van der Waals surface area contributed by atoms with Crippen LogP contribution in [0.25, 0.3) is 0 Å². The van der Waals surface area contributed by atoms with Crippen LogP contribution in [0.1, 0.15) is 59.3 Å². The lowest BCUT2D eigenvalue weighted by Gasteiger charge is -2.31. The minimum Gasteiger partial charge on any atom is -0.481 e. The highest BCUT2D eigenvalue weighted by Crippen LogP contribution is 2.24. The van der Waals surface area contributed by atoms with Gasteiger partial charge < -0.3 is 15.3 Å². The van der Waals surface area contributed by atoms with Crippen molar-refractivity contribution in [2.24, 2.45) is 5.92 Å². The Labute approximate surface area is 121 Å². The molecule has 1 rings (SSSR count). The van der Waals surface area contributed by atoms with E-state index in [1.807, 2.05) is 4.90 Å². The lowest BCUT2D eigenvalue weighted by molar-refractivity contribution is -0.137. The maximum atomic E-state index is 12.4. The molecule has 0 aliphatic heterocycles. The first-order valence-corrected chi connectivity index (χ1v) is 7.69. The van der Waals surface area contributed by atoms with E-state index >= 15 is 0 Å². The van der Waals surface area contributed by atoms with Gasteiger partial charge in [-0.15, -0.1) is 0 Å². The topological polar surface area (TPSA) is 69.6 Å². The molecule has 5 nitrogen and oxygen atoms in total. The van der Waals surface area contributed by atoms with Crippen molar-refractivity contribution in [2.75, 3.05) is 6.54 Å². The molecule has 1 fully saturated rings. The number of aliphatic carboxylic acids is 1. The number of rotatable bonds is 7. The van der Waals surface area contributed by atoms with Crippen molar-refractivity contribution >= 4 is 12.0 Å². The van der Waals surface area contributed by atoms with Gasteiger partial charge in [0, 0.05) is 18.6 Å². The molecule has 1 saturated carbocycles. The Balaban J connectivity index is 2.56. The Morgan fingerprint density at radius 3 is 2.35 bits per heavy atom. The van der Waals surface area contributed by atoms with Crippen molar-refractivity contribution in [1.29, 1.82) is 0 Å². The van der Waals surface area contributed by atoms with Crippen LogP contribution in [0, 0.1) is 5.92 Å². The van der Waals surface area contributed by atoms with Crippen LogP contribution in [0.5, 0.6) is 0 Å². The minimum absolute atomic E-state index is 0.0333. The average Bonchev–Trinajstić information content (AvgIpc) is 2.80. The number of carboxylic acids is 1. The first-order chi connectivity index (χ1) is 9.40. The van der Waals surface area contributed by atoms with Crippen molar-refractivity contribution in [3.63, 3.8) is 0 Å². The van der Waals surface area contributed by atoms with Crippen molar-refractivity contribution in [2.45, 2.75) is 71.4 Å². The lowest BCUT2D eigenvalue weighted by atomic mass is 10.1. The Kier molecular flexibility index (Phi) is 6.82. The number of amides is 2. The van der Waals surface area contributed by atoms with Crippen LogP contribution >= 0.6 is 0 Å². The Morgan fingerprint density at radius 2 is 1.85 bits per heavy atom. The summed E-state index contributed by atoms with van der Waals surface area (Å²) < 4.78 is 0. The van der Waals surface area contributed by atoms with E-state index in [4.69, 9.17) is 5.11 Å². The summed E-state index contributed by atoms with van der Waals surface area (Å²) in [6.45, 7) is 6.80. The molecule has 0 aromatic carbocycles. The van der Waals surface area contributed by atoms with Gasteiger partial charge in [0.2, 0.25) is 0 Å². The van der Waals surface area contributed by atoms with Gasteiger partial charge in [-0.25, -0.2) is 4.79 Å². The van der Waals surface area contributed by atoms with E-state index in [0.717, 1.165) is 25.8 Å². The second-order valence-electron chi connectivity index (χ2n) is 6.26. The molecule has 2 amide bonds. The number of carbonyl (C=O) groups excluding carboxylic acids is 1. The van der Waals surface area contributed by atoms with Crippen LogP contribution in [0.2, 0.25) is 0 Å². The Morgan fingerprint density at radius 1 is 1.25 bits per heavy atom. The van der Waals surface area contributed by atoms with Crippen molar-refractivity contribution in [3.05, 3.63) is 0 Å². The Hall–Kier alpha value is -1.26. The first-order valence-electron chi connectivity index (χ1n) is 7.69. The van der Waals surface area contributed by atoms with Crippen LogP contribution in [-0.2, 0) is 4.79 Å². The number of nitrogens with zero attached hydrogens (tertiary/aromatic N) is 1. The molecule has 2 N–H and O–H groups in total. The fourth-order valence-corrected chi connectivity index (χ4v) is 2.67. The summed E-state index contributed by atoms with van der Waals surface area (Å²) in [5.74, 6) is -0.324. The maximum Gasteiger partial charge on any atom is 0.317 e. The monoisotopic (exact) mass is 284 g/mol. The van der Waals surface area contributed by atoms with Crippen molar-refractivity contribution in [1.82, 2.24) is 10.2 Å². The van der Waals surface area contributed by atoms with E-state index in [2.05, 4.69) is 19.2 Å². The molecule has 1 unspecified atom stereocenters. The fourth-order valence-electron chi connectivity index (χ4n) is 2.67. The molecule has 116 valence electrons. The molecule has 0 spiro atoms. The van der Waals surface area contributed by atoms with Crippen molar-refractivity contribution in [3.8, 4) is 0 Å². The molecule has 0 radical (unpaired) electrons. The molecule has 0 aromatic heterocycles. The van der Waals surface area contributed by atoms with Gasteiger partial charge in [0.25, 0.3) is 0 Å². The third-order valence-corrected chi connectivity index (χ3v) is 3.82. The predicted octanol–water partition coefficient (Wildman–Crippen LogP) is 2.85. The van der Waals surface area contributed by atoms with E-state index < -0.39 is 5.97 Å². The highest BCUT2D eigenvalue weighted by atomic mass is 16.4. The summed E-state index contributed by atoms with van der Waals surface area (Å²) in [6.07, 6.45) is 5.45. The zero-order valence-electron chi connectivity index (χ0n) is 12.9. The first kappa shape index (κ1) is 16.8. The molecule has 0 heterocycles. The van der Waals surface area contributed by atoms with Gasteiger partial charge in [-0.1, -0.05) is 26.7 Å². The molecule has 5 heteroatoms. The van der Waals surface area contributed by atoms with E-state index in [-0.39, 0.29) is 18.5 Å². The zero-order valence-corrected chi connectivity index (χ0v) is 12.9. The molecule has 1 atom stereocenters. The normalized spacial score (nSPS) is 17.2. The summed E-state index contributed by atoms with van der Waals surface area (Å²) in [7, 11) is 0. The van der Waals surface area contributed by atoms with Crippen LogP contribution in [-0.4, -0.2) is 40.6 Å². The SMILES string of the molecule is CC(C)CCN(C(=O)NC(C)CC(=O)O)C1CCCC1. The van der Waals surface area contributed by atoms with E-state index in [0.29, 0.717) is 12.0 Å². The highest BCUT2D eigenvalue weighted by Gasteiger charge is 2.27. The standard InChI is InChI=1S/C15H28N2O3/c1-11(2)8-9-17(13-6-4-5-7-13)15(20)16-12(3)10-14(18)19/h11-13H,4-10H2,1-3H3,(H,16,20)(H,18,19). The smallest absolute Gasteiger partial charge is 0.317 e. The Bertz CT molecular complexity index is 325. The van der Waals surface area contributed by atoms with Gasteiger partial charge in [0.05, 0.1) is 6.42 Å². The number of urea groups is 1. The van der Waals surface area contributed by atoms with Gasteiger partial charge in [0.1, 0.15) is 0 Å². The van der Waals surface area contributed by atoms with Crippen LogP contribution in [0.4, 0.5) is 4.79 Å². The summed E-state index contributed by atoms with van der Waals surface area (Å²) in [5.41, 5.74) is 0. The minimum atomic E-state index is -0.882. The number of nitrogens with one attached hydrogen (secondary N) is 1. The van der Waals surface area contributed by atoms with E-state index in [9.17, 15) is 9.59 Å². The summed E-state index contributed by atoms with van der Waals surface area (Å²) in [4.78, 5) is 24.9. The van der Waals surface area contributed by atoms with Crippen LogP contribution in [0.3, 0.4) is 0 Å². The van der Waals surface area contributed by atoms with Crippen LogP contribution in [0.15, 0.2) is 0 Å². The highest BCUT2D eigenvalue weighted by molar-refractivity contribution is 5.76. The third-order valence-electron chi connectivity index (χ3n) is 3.82. The maximum absolute atomic E-state index is 12.4. The molecule has 0 bridgehead atoms. The third kappa shape index (κ3) is 5.80. The van der Waals surface area contributed by atoms with Gasteiger partial charge in [-0.2, -0.15) is 0 Å². The van der Waals surface area contributed by atoms with Crippen molar-refractivity contribution < 1.29 is 14.7 Å². The lowest BCUT2D eigenvalue weighted by Crippen LogP contribution is -2.48. The predicted molar refractivity (Wildman–Crippen MR) is 78.7 cm³/mol. The van der Waals surface area contributed by atoms with Gasteiger partial charge >= 0.3 is 12.0 Å². The van der Waals surface area contributed by atoms with Crippen LogP contribution < -0.4 is 5.32 Å². The number of hydrogen-bond acceptors (Lipinski definition) is 2. The fraction of sp³-hybridized carbons (Fsp3) is 0.867. The average molecular weight is 284 g/mol. The molecule has 0 saturated heterocycles. The molecule has 1 aliphatic rings. The molecule has 0 aromatic rings. The summed E-state index contributed by atoms with van der Waals surface area (Å²) in [5, 5.41) is 11.6. The molecular weight excluding hydrogens is 256 g/mol. The summed E-state index contributed by atoms with van der Waals surface area (Å²) in [6, 6.07) is -0.111. The van der Waals surface area contributed by atoms with E-state index in [1.165, 1.54) is 12.8 Å². The number of carbonyl (C=O) groups is 2. The van der Waals surface area contributed by atoms with Gasteiger partial charge in [0.15, 0.2) is 0 Å². The molecule has 1 aliphatic carbocycles. The van der Waals surface area contributed by atoms with Gasteiger partial charge in [-0.05, 0) is 32.1 Å². The molecule has 20 heavy (non-hydrogen) atoms. The van der Waals surface area contributed by atoms with E-state index in [1.54, 1.807) is 6.92 Å². The second kappa shape index (κ2) is 8.12. The second-order valence-corrected chi connectivity index (χ2v) is 6.26. The number of hydrogen-bond donors (Lipinski definition) is 2. The quantitative estimate of drug-likeness (QED) is 0.755. The number of carboxylic acid groups (broad SMARTS) is 1. The largest absolute Gasteiger partial charge is 0.481 e. The molecular formula is C15H28N2O3. The summed E-state index contributed by atoms with van der Waals surface area (Å²) >= 11 is 0. The zero-order chi connectivity index (χ0) is 15.1.